The predicted molar refractivity (Wildman–Crippen MR) is 53.5 cm³/mol. The van der Waals surface area contributed by atoms with Gasteiger partial charge in [-0.1, -0.05) is 13.8 Å². The van der Waals surface area contributed by atoms with Gasteiger partial charge in [0.2, 0.25) is 5.91 Å². The molecule has 1 amide bonds. The van der Waals surface area contributed by atoms with Gasteiger partial charge in [0, 0.05) is 26.1 Å². The second kappa shape index (κ2) is 4.61. The molecule has 76 valence electrons. The molecule has 1 heterocycles. The summed E-state index contributed by atoms with van der Waals surface area (Å²) in [6, 6.07) is 0.422. The maximum absolute atomic E-state index is 11.2. The molecule has 1 atom stereocenters. The lowest BCUT2D eigenvalue weighted by Gasteiger charge is -2.20. The second-order valence-electron chi connectivity index (χ2n) is 4.25. The number of amides is 1. The van der Waals surface area contributed by atoms with Crippen molar-refractivity contribution in [3.63, 3.8) is 0 Å². The summed E-state index contributed by atoms with van der Waals surface area (Å²) in [4.78, 5) is 13.0. The Hall–Kier alpha value is -0.570. The van der Waals surface area contributed by atoms with Crippen molar-refractivity contribution in [1.82, 2.24) is 10.2 Å². The Morgan fingerprint density at radius 1 is 1.62 bits per heavy atom. The van der Waals surface area contributed by atoms with E-state index in [1.165, 1.54) is 0 Å². The first-order chi connectivity index (χ1) is 6.11. The summed E-state index contributed by atoms with van der Waals surface area (Å²) in [6.45, 7) is 6.37. The van der Waals surface area contributed by atoms with Gasteiger partial charge in [0.1, 0.15) is 0 Å². The van der Waals surface area contributed by atoms with Gasteiger partial charge in [-0.15, -0.1) is 0 Å². The van der Waals surface area contributed by atoms with E-state index in [4.69, 9.17) is 0 Å². The van der Waals surface area contributed by atoms with E-state index in [0.29, 0.717) is 12.0 Å². The molecule has 0 aromatic rings. The molecule has 1 fully saturated rings. The quantitative estimate of drug-likeness (QED) is 0.702. The number of carbonyl (C=O) groups is 1. The zero-order chi connectivity index (χ0) is 9.84. The molecular weight excluding hydrogens is 164 g/mol. The molecule has 1 aliphatic rings. The average Bonchev–Trinajstić information content (AvgIpc) is 2.35. The van der Waals surface area contributed by atoms with Crippen LogP contribution in [0.1, 0.15) is 26.7 Å². The number of nitrogens with one attached hydrogen (secondary N) is 1. The molecule has 0 aliphatic carbocycles. The number of rotatable bonds is 4. The zero-order valence-electron chi connectivity index (χ0n) is 8.84. The normalized spacial score (nSPS) is 23.2. The predicted octanol–water partition coefficient (Wildman–Crippen LogP) is 0.853. The third-order valence-electron chi connectivity index (χ3n) is 2.57. The number of likely N-dealkylation sites (tertiary alicyclic amines) is 1. The van der Waals surface area contributed by atoms with Crippen LogP contribution in [0, 0.1) is 5.92 Å². The Kier molecular flexibility index (Phi) is 3.72. The summed E-state index contributed by atoms with van der Waals surface area (Å²) in [5, 5.41) is 3.38. The highest BCUT2D eigenvalue weighted by Gasteiger charge is 2.26. The number of hydrogen-bond donors (Lipinski definition) is 1. The van der Waals surface area contributed by atoms with E-state index < -0.39 is 0 Å². The third kappa shape index (κ3) is 2.99. The van der Waals surface area contributed by atoms with Crippen LogP contribution in [0.5, 0.6) is 0 Å². The van der Waals surface area contributed by atoms with E-state index in [2.05, 4.69) is 19.2 Å². The molecule has 0 bridgehead atoms. The van der Waals surface area contributed by atoms with Crippen molar-refractivity contribution in [3.8, 4) is 0 Å². The summed E-state index contributed by atoms with van der Waals surface area (Å²) in [5.74, 6) is 0.971. The van der Waals surface area contributed by atoms with Crippen molar-refractivity contribution in [2.75, 3.05) is 20.1 Å². The van der Waals surface area contributed by atoms with Crippen molar-refractivity contribution >= 4 is 5.91 Å². The highest BCUT2D eigenvalue weighted by molar-refractivity contribution is 5.78. The van der Waals surface area contributed by atoms with Gasteiger partial charge in [0.15, 0.2) is 0 Å². The van der Waals surface area contributed by atoms with Gasteiger partial charge in [-0.25, -0.2) is 0 Å². The van der Waals surface area contributed by atoms with Gasteiger partial charge in [-0.2, -0.15) is 0 Å². The lowest BCUT2D eigenvalue weighted by atomic mass is 10.2. The highest BCUT2D eigenvalue weighted by Crippen LogP contribution is 2.15. The SMILES string of the molecule is CC(C)CNC[C@@H]1CCC(=O)N1C. The van der Waals surface area contributed by atoms with E-state index in [1.54, 1.807) is 0 Å². The van der Waals surface area contributed by atoms with E-state index in [9.17, 15) is 4.79 Å². The highest BCUT2D eigenvalue weighted by atomic mass is 16.2. The molecule has 3 nitrogen and oxygen atoms in total. The van der Waals surface area contributed by atoms with Crippen LogP contribution in [-0.2, 0) is 4.79 Å². The smallest absolute Gasteiger partial charge is 0.222 e. The van der Waals surface area contributed by atoms with Crippen molar-refractivity contribution in [1.29, 1.82) is 0 Å². The van der Waals surface area contributed by atoms with Crippen molar-refractivity contribution < 1.29 is 4.79 Å². The van der Waals surface area contributed by atoms with Crippen LogP contribution in [0.2, 0.25) is 0 Å². The van der Waals surface area contributed by atoms with E-state index >= 15 is 0 Å². The molecule has 0 aromatic heterocycles. The van der Waals surface area contributed by atoms with Gasteiger partial charge in [0.05, 0.1) is 0 Å². The monoisotopic (exact) mass is 184 g/mol. The Morgan fingerprint density at radius 3 is 2.77 bits per heavy atom. The molecule has 13 heavy (non-hydrogen) atoms. The van der Waals surface area contributed by atoms with E-state index in [1.807, 2.05) is 11.9 Å². The second-order valence-corrected chi connectivity index (χ2v) is 4.25. The lowest BCUT2D eigenvalue weighted by molar-refractivity contribution is -0.127. The number of likely N-dealkylation sites (N-methyl/N-ethyl adjacent to an activating group) is 1. The first-order valence-corrected chi connectivity index (χ1v) is 5.07. The molecule has 0 unspecified atom stereocenters. The minimum absolute atomic E-state index is 0.288. The van der Waals surface area contributed by atoms with E-state index in [0.717, 1.165) is 25.9 Å². The lowest BCUT2D eigenvalue weighted by Crippen LogP contribution is -2.38. The molecule has 0 saturated carbocycles. The maximum atomic E-state index is 11.2. The Morgan fingerprint density at radius 2 is 2.31 bits per heavy atom. The van der Waals surface area contributed by atoms with Gasteiger partial charge in [-0.05, 0) is 18.9 Å². The fourth-order valence-corrected chi connectivity index (χ4v) is 1.64. The number of nitrogens with zero attached hydrogens (tertiary/aromatic N) is 1. The molecule has 0 aromatic carbocycles. The molecule has 3 heteroatoms. The molecule has 1 rings (SSSR count). The molecule has 0 radical (unpaired) electrons. The minimum atomic E-state index is 0.288. The number of carbonyl (C=O) groups excluding carboxylic acids is 1. The molecule has 1 saturated heterocycles. The summed E-state index contributed by atoms with van der Waals surface area (Å²) < 4.78 is 0. The molecule has 1 N–H and O–H groups in total. The van der Waals surface area contributed by atoms with Crippen LogP contribution in [0.3, 0.4) is 0 Å². The van der Waals surface area contributed by atoms with Gasteiger partial charge < -0.3 is 10.2 Å². The van der Waals surface area contributed by atoms with Crippen molar-refractivity contribution in [3.05, 3.63) is 0 Å². The van der Waals surface area contributed by atoms with Crippen LogP contribution in [0.4, 0.5) is 0 Å². The first-order valence-electron chi connectivity index (χ1n) is 5.07. The van der Waals surface area contributed by atoms with E-state index in [-0.39, 0.29) is 5.91 Å². The summed E-state index contributed by atoms with van der Waals surface area (Å²) in [6.07, 6.45) is 1.74. The van der Waals surface area contributed by atoms with Crippen molar-refractivity contribution in [2.24, 2.45) is 5.92 Å². The third-order valence-corrected chi connectivity index (χ3v) is 2.57. The average molecular weight is 184 g/mol. The zero-order valence-corrected chi connectivity index (χ0v) is 8.84. The summed E-state index contributed by atoms with van der Waals surface area (Å²) in [5.41, 5.74) is 0. The molecular formula is C10H20N2O. The van der Waals surface area contributed by atoms with Crippen LogP contribution < -0.4 is 5.32 Å². The maximum Gasteiger partial charge on any atom is 0.222 e. The number of hydrogen-bond acceptors (Lipinski definition) is 2. The largest absolute Gasteiger partial charge is 0.341 e. The molecule has 1 aliphatic heterocycles. The first kappa shape index (κ1) is 10.5. The van der Waals surface area contributed by atoms with Crippen LogP contribution in [0.15, 0.2) is 0 Å². The topological polar surface area (TPSA) is 32.3 Å². The van der Waals surface area contributed by atoms with Crippen LogP contribution in [0.25, 0.3) is 0 Å². The van der Waals surface area contributed by atoms with Crippen LogP contribution >= 0.6 is 0 Å². The van der Waals surface area contributed by atoms with Crippen LogP contribution in [-0.4, -0.2) is 37.0 Å². The van der Waals surface area contributed by atoms with Gasteiger partial charge in [-0.3, -0.25) is 4.79 Å². The van der Waals surface area contributed by atoms with Crippen molar-refractivity contribution in [2.45, 2.75) is 32.7 Å². The van der Waals surface area contributed by atoms with Gasteiger partial charge in [0.25, 0.3) is 0 Å². The Labute approximate surface area is 80.5 Å². The summed E-state index contributed by atoms with van der Waals surface area (Å²) in [7, 11) is 1.90. The summed E-state index contributed by atoms with van der Waals surface area (Å²) >= 11 is 0. The Bertz CT molecular complexity index is 180. The fraction of sp³-hybridized carbons (Fsp3) is 0.900. The molecule has 0 spiro atoms. The minimum Gasteiger partial charge on any atom is -0.341 e. The fourth-order valence-electron chi connectivity index (χ4n) is 1.64. The van der Waals surface area contributed by atoms with Gasteiger partial charge >= 0.3 is 0 Å². The Balaban J connectivity index is 2.19. The standard InChI is InChI=1S/C10H20N2O/c1-8(2)6-11-7-9-4-5-10(13)12(9)3/h8-9,11H,4-7H2,1-3H3/t9-/m0/s1.